The average molecular weight is 412 g/mol. The number of rotatable bonds is 7. The van der Waals surface area contributed by atoms with Gasteiger partial charge < -0.3 is 25.4 Å². The van der Waals surface area contributed by atoms with Gasteiger partial charge in [-0.1, -0.05) is 12.1 Å². The minimum absolute atomic E-state index is 0.250. The van der Waals surface area contributed by atoms with Crippen molar-refractivity contribution in [3.63, 3.8) is 0 Å². The van der Waals surface area contributed by atoms with Crippen LogP contribution in [0.25, 0.3) is 0 Å². The van der Waals surface area contributed by atoms with E-state index in [-0.39, 0.29) is 5.75 Å². The number of nitrogens with one attached hydrogen (secondary N) is 2. The summed E-state index contributed by atoms with van der Waals surface area (Å²) in [6.45, 7) is 7.50. The molecule has 1 fully saturated rings. The van der Waals surface area contributed by atoms with Crippen LogP contribution < -0.4 is 20.3 Å². The van der Waals surface area contributed by atoms with Crippen LogP contribution in [0.3, 0.4) is 0 Å². The summed E-state index contributed by atoms with van der Waals surface area (Å²) in [6, 6.07) is 9.99. The molecule has 0 spiro atoms. The number of phenolic OH excluding ortho intramolecular Hbond substituents is 1. The largest absolute Gasteiger partial charge is 0.508 e. The normalized spacial score (nSPS) is 15.2. The smallest absolute Gasteiger partial charge is 0.191 e. The van der Waals surface area contributed by atoms with Crippen LogP contribution in [-0.2, 0) is 6.42 Å². The van der Waals surface area contributed by atoms with E-state index in [4.69, 9.17) is 9.73 Å². The molecule has 1 aliphatic rings. The van der Waals surface area contributed by atoms with E-state index in [0.717, 1.165) is 49.8 Å². The summed E-state index contributed by atoms with van der Waals surface area (Å²) < 4.78 is 5.14. The number of methoxy groups -OCH3 is 1. The number of guanidine groups is 1. The molecule has 7 heteroatoms. The molecule has 0 amide bonds. The van der Waals surface area contributed by atoms with Crippen LogP contribution in [0.5, 0.6) is 11.5 Å². The summed E-state index contributed by atoms with van der Waals surface area (Å²) in [4.78, 5) is 11.6. The molecule has 0 radical (unpaired) electrons. The third-order valence-electron chi connectivity index (χ3n) is 5.34. The van der Waals surface area contributed by atoms with Gasteiger partial charge in [-0.3, -0.25) is 4.99 Å². The molecule has 0 atom stereocenters. The number of pyridine rings is 1. The number of piperidine rings is 1. The van der Waals surface area contributed by atoms with E-state index in [2.05, 4.69) is 46.5 Å². The van der Waals surface area contributed by atoms with Gasteiger partial charge in [0.2, 0.25) is 0 Å². The van der Waals surface area contributed by atoms with Crippen molar-refractivity contribution in [1.82, 2.24) is 15.6 Å². The lowest BCUT2D eigenvalue weighted by Crippen LogP contribution is -2.49. The fraction of sp³-hybridized carbons (Fsp3) is 0.478. The van der Waals surface area contributed by atoms with Gasteiger partial charge >= 0.3 is 0 Å². The van der Waals surface area contributed by atoms with Crippen molar-refractivity contribution in [3.8, 4) is 11.5 Å². The number of aryl methyl sites for hydroxylation is 1. The first-order chi connectivity index (χ1) is 14.6. The Morgan fingerprint density at radius 3 is 2.70 bits per heavy atom. The molecule has 3 rings (SSSR count). The second-order valence-electron chi connectivity index (χ2n) is 7.60. The molecular formula is C23H33N5O2. The van der Waals surface area contributed by atoms with Crippen molar-refractivity contribution < 1.29 is 9.84 Å². The van der Waals surface area contributed by atoms with E-state index >= 15 is 0 Å². The highest BCUT2D eigenvalue weighted by Gasteiger charge is 2.20. The van der Waals surface area contributed by atoms with Gasteiger partial charge in [-0.05, 0) is 56.4 Å². The number of benzene rings is 1. The van der Waals surface area contributed by atoms with Gasteiger partial charge in [0, 0.05) is 44.5 Å². The molecule has 1 saturated heterocycles. The molecule has 2 heterocycles. The number of phenols is 1. The highest BCUT2D eigenvalue weighted by Crippen LogP contribution is 2.23. The zero-order chi connectivity index (χ0) is 21.3. The molecule has 2 aromatic rings. The minimum atomic E-state index is 0.250. The highest BCUT2D eigenvalue weighted by molar-refractivity contribution is 5.80. The lowest BCUT2D eigenvalue weighted by Gasteiger charge is -2.33. The summed E-state index contributed by atoms with van der Waals surface area (Å²) in [7, 11) is 1.59. The first-order valence-electron chi connectivity index (χ1n) is 10.7. The van der Waals surface area contributed by atoms with E-state index in [1.807, 2.05) is 18.3 Å². The van der Waals surface area contributed by atoms with Crippen LogP contribution in [0, 0.1) is 6.92 Å². The van der Waals surface area contributed by atoms with Crippen LogP contribution in [0.2, 0.25) is 0 Å². The van der Waals surface area contributed by atoms with Crippen LogP contribution in [-0.4, -0.2) is 55.4 Å². The van der Waals surface area contributed by atoms with Crippen molar-refractivity contribution in [3.05, 3.63) is 47.7 Å². The van der Waals surface area contributed by atoms with Crippen molar-refractivity contribution >= 4 is 11.8 Å². The van der Waals surface area contributed by atoms with Gasteiger partial charge in [0.15, 0.2) is 5.96 Å². The van der Waals surface area contributed by atoms with Gasteiger partial charge in [0.25, 0.3) is 0 Å². The fourth-order valence-corrected chi connectivity index (χ4v) is 3.58. The standard InChI is InChI=1S/C23H33N5O2/c1-4-24-23(25-12-9-18-6-7-20(30-3)15-21(18)29)27-19-10-13-28(14-11-19)22-8-5-17(2)16-26-22/h5-8,15-16,19,29H,4,9-14H2,1-3H3,(H2,24,25,27). The Morgan fingerprint density at radius 2 is 2.07 bits per heavy atom. The van der Waals surface area contributed by atoms with Gasteiger partial charge in [-0.25, -0.2) is 4.98 Å². The van der Waals surface area contributed by atoms with Crippen molar-refractivity contribution in [2.45, 2.75) is 39.2 Å². The Hall–Kier alpha value is -2.96. The summed E-state index contributed by atoms with van der Waals surface area (Å²) >= 11 is 0. The zero-order valence-corrected chi connectivity index (χ0v) is 18.2. The van der Waals surface area contributed by atoms with Gasteiger partial charge in [0.1, 0.15) is 17.3 Å². The third-order valence-corrected chi connectivity index (χ3v) is 5.34. The van der Waals surface area contributed by atoms with Crippen LogP contribution in [0.1, 0.15) is 30.9 Å². The Kier molecular flexibility index (Phi) is 7.76. The SMILES string of the molecule is CCNC(=NCCc1ccc(OC)cc1O)NC1CCN(c2ccc(C)cn2)CC1. The lowest BCUT2D eigenvalue weighted by atomic mass is 10.1. The molecule has 1 aromatic heterocycles. The quantitative estimate of drug-likeness (QED) is 0.480. The number of hydrogen-bond acceptors (Lipinski definition) is 5. The molecule has 7 nitrogen and oxygen atoms in total. The Balaban J connectivity index is 1.51. The summed E-state index contributed by atoms with van der Waals surface area (Å²) in [5.41, 5.74) is 2.05. The maximum absolute atomic E-state index is 10.1. The highest BCUT2D eigenvalue weighted by atomic mass is 16.5. The number of hydrogen-bond donors (Lipinski definition) is 3. The van der Waals surface area contributed by atoms with E-state index in [1.165, 1.54) is 5.56 Å². The maximum Gasteiger partial charge on any atom is 0.191 e. The monoisotopic (exact) mass is 411 g/mol. The number of nitrogens with zero attached hydrogens (tertiary/aromatic N) is 3. The second-order valence-corrected chi connectivity index (χ2v) is 7.60. The topological polar surface area (TPSA) is 82.0 Å². The fourth-order valence-electron chi connectivity index (χ4n) is 3.58. The van der Waals surface area contributed by atoms with Gasteiger partial charge in [-0.15, -0.1) is 0 Å². The lowest BCUT2D eigenvalue weighted by molar-refractivity contribution is 0.406. The Bertz CT molecular complexity index is 830. The molecule has 1 aromatic carbocycles. The van der Waals surface area contributed by atoms with E-state index in [9.17, 15) is 5.11 Å². The molecular weight excluding hydrogens is 378 g/mol. The molecule has 1 aliphatic heterocycles. The van der Waals surface area contributed by atoms with Gasteiger partial charge in [0.05, 0.1) is 7.11 Å². The average Bonchev–Trinajstić information content (AvgIpc) is 2.76. The zero-order valence-electron chi connectivity index (χ0n) is 18.2. The minimum Gasteiger partial charge on any atom is -0.508 e. The van der Waals surface area contributed by atoms with Crippen molar-refractivity contribution in [2.75, 3.05) is 38.2 Å². The number of aromatic nitrogens is 1. The molecule has 0 bridgehead atoms. The van der Waals surface area contributed by atoms with Gasteiger partial charge in [-0.2, -0.15) is 0 Å². The van der Waals surface area contributed by atoms with Crippen LogP contribution >= 0.6 is 0 Å². The van der Waals surface area contributed by atoms with Crippen molar-refractivity contribution in [1.29, 1.82) is 0 Å². The maximum atomic E-state index is 10.1. The van der Waals surface area contributed by atoms with Crippen molar-refractivity contribution in [2.24, 2.45) is 4.99 Å². The van der Waals surface area contributed by atoms with Crippen LogP contribution in [0.15, 0.2) is 41.5 Å². The third kappa shape index (κ3) is 6.02. The molecule has 3 N–H and O–H groups in total. The Morgan fingerprint density at radius 1 is 1.27 bits per heavy atom. The van der Waals surface area contributed by atoms with Crippen LogP contribution in [0.4, 0.5) is 5.82 Å². The predicted octanol–water partition coefficient (Wildman–Crippen LogP) is 2.87. The predicted molar refractivity (Wildman–Crippen MR) is 122 cm³/mol. The first kappa shape index (κ1) is 21.7. The molecule has 162 valence electrons. The number of anilines is 1. The Labute approximate surface area is 179 Å². The summed E-state index contributed by atoms with van der Waals surface area (Å²) in [6.07, 6.45) is 4.68. The second kappa shape index (κ2) is 10.7. The molecule has 0 unspecified atom stereocenters. The van der Waals surface area contributed by atoms with E-state index in [0.29, 0.717) is 24.8 Å². The molecule has 30 heavy (non-hydrogen) atoms. The number of aliphatic imine (C=N–C) groups is 1. The molecule has 0 aliphatic carbocycles. The van der Waals surface area contributed by atoms with E-state index in [1.54, 1.807) is 13.2 Å². The summed E-state index contributed by atoms with van der Waals surface area (Å²) in [5, 5.41) is 17.0. The number of ether oxygens (including phenoxy) is 1. The summed E-state index contributed by atoms with van der Waals surface area (Å²) in [5.74, 6) is 2.79. The molecule has 0 saturated carbocycles. The number of aromatic hydroxyl groups is 1. The first-order valence-corrected chi connectivity index (χ1v) is 10.7. The van der Waals surface area contributed by atoms with E-state index < -0.39 is 0 Å².